The highest BCUT2D eigenvalue weighted by Crippen LogP contribution is 2.23. The molecule has 1 N–H and O–H groups in total. The molecule has 4 nitrogen and oxygen atoms in total. The average molecular weight is 375 g/mol. The minimum Gasteiger partial charge on any atom is -0.303 e. The van der Waals surface area contributed by atoms with Gasteiger partial charge >= 0.3 is 0 Å². The smallest absolute Gasteiger partial charge is 0.241 e. The summed E-state index contributed by atoms with van der Waals surface area (Å²) < 4.78 is 28.2. The topological polar surface area (TPSA) is 49.4 Å². The molecule has 1 unspecified atom stereocenters. The molecule has 1 atom stereocenters. The van der Waals surface area contributed by atoms with E-state index in [2.05, 4.69) is 32.5 Å². The molecule has 118 valence electrons. The highest BCUT2D eigenvalue weighted by Gasteiger charge is 2.22. The van der Waals surface area contributed by atoms with Gasteiger partial charge in [0.15, 0.2) is 0 Å². The lowest BCUT2D eigenvalue weighted by atomic mass is 9.98. The molecule has 6 heteroatoms. The lowest BCUT2D eigenvalue weighted by molar-refractivity contribution is 0.184. The number of nitrogens with zero attached hydrogens (tertiary/aromatic N) is 1. The second-order valence-corrected chi connectivity index (χ2v) is 8.28. The third-order valence-corrected chi connectivity index (χ3v) is 6.39. The van der Waals surface area contributed by atoms with E-state index in [1.807, 2.05) is 19.1 Å². The van der Waals surface area contributed by atoms with Gasteiger partial charge in [-0.1, -0.05) is 13.0 Å². The van der Waals surface area contributed by atoms with Crippen LogP contribution in [0.1, 0.15) is 25.3 Å². The van der Waals surface area contributed by atoms with E-state index in [1.165, 1.54) is 0 Å². The normalized spacial score (nSPS) is 20.6. The quantitative estimate of drug-likeness (QED) is 0.861. The van der Waals surface area contributed by atoms with Crippen molar-refractivity contribution in [1.29, 1.82) is 0 Å². The van der Waals surface area contributed by atoms with Crippen molar-refractivity contribution in [1.82, 2.24) is 9.62 Å². The Labute approximate surface area is 136 Å². The molecule has 0 amide bonds. The lowest BCUT2D eigenvalue weighted by Crippen LogP contribution is -2.40. The first-order valence-corrected chi connectivity index (χ1v) is 9.68. The molecule has 0 spiro atoms. The first kappa shape index (κ1) is 16.9. The molecule has 0 aromatic heterocycles. The van der Waals surface area contributed by atoms with Crippen molar-refractivity contribution in [3.63, 3.8) is 0 Å². The largest absolute Gasteiger partial charge is 0.303 e. The number of likely N-dealkylation sites (tertiary alicyclic amines) is 1. The van der Waals surface area contributed by atoms with Gasteiger partial charge in [0.25, 0.3) is 0 Å². The summed E-state index contributed by atoms with van der Waals surface area (Å²) in [5.74, 6) is 0.401. The van der Waals surface area contributed by atoms with Crippen LogP contribution in [0.15, 0.2) is 27.6 Å². The molecule has 1 aliphatic heterocycles. The molecular formula is C15H23BrN2O2S. The molecule has 1 aromatic rings. The minimum atomic E-state index is -3.45. The SMILES string of the molecule is CCN1CCCC(CNS(=O)(=O)c2ccc(C)cc2Br)C1. The number of benzene rings is 1. The second kappa shape index (κ2) is 7.22. The van der Waals surface area contributed by atoms with Gasteiger partial charge in [-0.05, 0) is 72.4 Å². The highest BCUT2D eigenvalue weighted by molar-refractivity contribution is 9.10. The Morgan fingerprint density at radius 1 is 1.43 bits per heavy atom. The van der Waals surface area contributed by atoms with E-state index >= 15 is 0 Å². The highest BCUT2D eigenvalue weighted by atomic mass is 79.9. The molecule has 21 heavy (non-hydrogen) atoms. The predicted octanol–water partition coefficient (Wildman–Crippen LogP) is 2.77. The van der Waals surface area contributed by atoms with Gasteiger partial charge in [0, 0.05) is 17.6 Å². The molecule has 0 aliphatic carbocycles. The van der Waals surface area contributed by atoms with E-state index < -0.39 is 10.0 Å². The summed E-state index contributed by atoms with van der Waals surface area (Å²) >= 11 is 3.34. The maximum Gasteiger partial charge on any atom is 0.241 e. The van der Waals surface area contributed by atoms with Crippen LogP contribution in [-0.4, -0.2) is 39.5 Å². The van der Waals surface area contributed by atoms with Crippen LogP contribution in [0.3, 0.4) is 0 Å². The maximum atomic E-state index is 12.4. The van der Waals surface area contributed by atoms with Gasteiger partial charge in [0.1, 0.15) is 0 Å². The van der Waals surface area contributed by atoms with Crippen LogP contribution < -0.4 is 4.72 Å². The number of hydrogen-bond donors (Lipinski definition) is 1. The number of hydrogen-bond acceptors (Lipinski definition) is 3. The van der Waals surface area contributed by atoms with Crippen molar-refractivity contribution in [2.75, 3.05) is 26.2 Å². The van der Waals surface area contributed by atoms with Crippen molar-refractivity contribution in [2.45, 2.75) is 31.6 Å². The molecule has 1 saturated heterocycles. The van der Waals surface area contributed by atoms with Gasteiger partial charge in [-0.15, -0.1) is 0 Å². The number of aryl methyl sites for hydroxylation is 1. The standard InChI is InChI=1S/C15H23BrN2O2S/c1-3-18-8-4-5-13(11-18)10-17-21(19,20)15-7-6-12(2)9-14(15)16/h6-7,9,13,17H,3-5,8,10-11H2,1-2H3. The molecule has 1 aliphatic rings. The number of piperidine rings is 1. The van der Waals surface area contributed by atoms with Crippen LogP contribution in [0.5, 0.6) is 0 Å². The van der Waals surface area contributed by atoms with Gasteiger partial charge in [-0.2, -0.15) is 0 Å². The van der Waals surface area contributed by atoms with Crippen LogP contribution in [0, 0.1) is 12.8 Å². The Kier molecular flexibility index (Phi) is 5.82. The Bertz CT molecular complexity index is 589. The van der Waals surface area contributed by atoms with E-state index in [0.29, 0.717) is 21.8 Å². The van der Waals surface area contributed by atoms with E-state index in [0.717, 1.165) is 38.0 Å². The molecule has 1 heterocycles. The second-order valence-electron chi connectivity index (χ2n) is 5.69. The monoisotopic (exact) mass is 374 g/mol. The molecule has 2 rings (SSSR count). The molecule has 0 radical (unpaired) electrons. The number of rotatable bonds is 5. The van der Waals surface area contributed by atoms with Crippen molar-refractivity contribution >= 4 is 26.0 Å². The van der Waals surface area contributed by atoms with E-state index in [1.54, 1.807) is 6.07 Å². The molecule has 1 fully saturated rings. The fraction of sp³-hybridized carbons (Fsp3) is 0.600. The Morgan fingerprint density at radius 3 is 2.86 bits per heavy atom. The third kappa shape index (κ3) is 4.52. The summed E-state index contributed by atoms with van der Waals surface area (Å²) in [6, 6.07) is 5.30. The fourth-order valence-corrected chi connectivity index (χ4v) is 5.04. The number of halogens is 1. The molecule has 0 saturated carbocycles. The summed E-state index contributed by atoms with van der Waals surface area (Å²) in [6.07, 6.45) is 2.24. The van der Waals surface area contributed by atoms with Crippen LogP contribution in [0.2, 0.25) is 0 Å². The van der Waals surface area contributed by atoms with Gasteiger partial charge in [0.2, 0.25) is 10.0 Å². The van der Waals surface area contributed by atoms with Gasteiger partial charge < -0.3 is 4.90 Å². The summed E-state index contributed by atoms with van der Waals surface area (Å²) in [5, 5.41) is 0. The van der Waals surface area contributed by atoms with Crippen LogP contribution in [0.4, 0.5) is 0 Å². The molecular weight excluding hydrogens is 352 g/mol. The lowest BCUT2D eigenvalue weighted by Gasteiger charge is -2.31. The number of nitrogens with one attached hydrogen (secondary N) is 1. The zero-order chi connectivity index (χ0) is 15.5. The summed E-state index contributed by atoms with van der Waals surface area (Å²) in [5.41, 5.74) is 1.03. The van der Waals surface area contributed by atoms with Crippen LogP contribution >= 0.6 is 15.9 Å². The Morgan fingerprint density at radius 2 is 2.19 bits per heavy atom. The van der Waals surface area contributed by atoms with Crippen molar-refractivity contribution in [2.24, 2.45) is 5.92 Å². The zero-order valence-electron chi connectivity index (χ0n) is 12.6. The first-order chi connectivity index (χ1) is 9.92. The summed E-state index contributed by atoms with van der Waals surface area (Å²) in [4.78, 5) is 2.70. The van der Waals surface area contributed by atoms with Crippen molar-refractivity contribution in [3.8, 4) is 0 Å². The van der Waals surface area contributed by atoms with Gasteiger partial charge in [-0.3, -0.25) is 0 Å². The predicted molar refractivity (Wildman–Crippen MR) is 88.9 cm³/mol. The van der Waals surface area contributed by atoms with Crippen molar-refractivity contribution in [3.05, 3.63) is 28.2 Å². The molecule has 0 bridgehead atoms. The first-order valence-electron chi connectivity index (χ1n) is 7.40. The van der Waals surface area contributed by atoms with Crippen LogP contribution in [0.25, 0.3) is 0 Å². The van der Waals surface area contributed by atoms with Gasteiger partial charge in [0.05, 0.1) is 4.90 Å². The van der Waals surface area contributed by atoms with E-state index in [-0.39, 0.29) is 0 Å². The van der Waals surface area contributed by atoms with Gasteiger partial charge in [-0.25, -0.2) is 13.1 Å². The third-order valence-electron chi connectivity index (χ3n) is 3.99. The van der Waals surface area contributed by atoms with Crippen LogP contribution in [-0.2, 0) is 10.0 Å². The minimum absolute atomic E-state index is 0.316. The Balaban J connectivity index is 2.01. The van der Waals surface area contributed by atoms with Crippen molar-refractivity contribution < 1.29 is 8.42 Å². The zero-order valence-corrected chi connectivity index (χ0v) is 15.0. The average Bonchev–Trinajstić information content (AvgIpc) is 2.45. The number of sulfonamides is 1. The Hall–Kier alpha value is -0.430. The summed E-state index contributed by atoms with van der Waals surface area (Å²) in [6.45, 7) is 7.75. The van der Waals surface area contributed by atoms with E-state index in [4.69, 9.17) is 0 Å². The maximum absolute atomic E-state index is 12.4. The fourth-order valence-electron chi connectivity index (χ4n) is 2.73. The molecule has 1 aromatic carbocycles. The summed E-state index contributed by atoms with van der Waals surface area (Å²) in [7, 11) is -3.45. The van der Waals surface area contributed by atoms with E-state index in [9.17, 15) is 8.42 Å².